The highest BCUT2D eigenvalue weighted by molar-refractivity contribution is 7.99. The molecule has 5 heteroatoms. The van der Waals surface area contributed by atoms with Gasteiger partial charge in [0.2, 0.25) is 0 Å². The summed E-state index contributed by atoms with van der Waals surface area (Å²) in [5.41, 5.74) is 0.948. The van der Waals surface area contributed by atoms with Crippen LogP contribution >= 0.6 is 11.8 Å². The Morgan fingerprint density at radius 2 is 2.27 bits per heavy atom. The van der Waals surface area contributed by atoms with E-state index in [1.165, 1.54) is 5.75 Å². The van der Waals surface area contributed by atoms with Crippen LogP contribution < -0.4 is 4.90 Å². The molecule has 1 fully saturated rings. The molecular weight excluding hydrogens is 213 g/mol. The third kappa shape index (κ3) is 2.59. The smallest absolute Gasteiger partial charge is 0.310 e. The van der Waals surface area contributed by atoms with Crippen molar-refractivity contribution in [2.45, 2.75) is 13.3 Å². The van der Waals surface area contributed by atoms with Crippen LogP contribution in [-0.2, 0) is 0 Å². The van der Waals surface area contributed by atoms with Gasteiger partial charge in [0.1, 0.15) is 5.82 Å². The van der Waals surface area contributed by atoms with Crippen molar-refractivity contribution in [3.05, 3.63) is 17.8 Å². The summed E-state index contributed by atoms with van der Waals surface area (Å²) in [4.78, 5) is 9.58. The molecule has 2 heterocycles. The molecule has 82 valence electrons. The summed E-state index contributed by atoms with van der Waals surface area (Å²) in [6.07, 6.45) is 2.05. The molecule has 1 aliphatic rings. The Bertz CT molecular complexity index is 337. The van der Waals surface area contributed by atoms with Crippen molar-refractivity contribution in [3.63, 3.8) is 0 Å². The Hall–Kier alpha value is -0.840. The summed E-state index contributed by atoms with van der Waals surface area (Å²) in [7, 11) is 0. The van der Waals surface area contributed by atoms with Crippen molar-refractivity contribution in [1.29, 1.82) is 0 Å². The molecule has 2 rings (SSSR count). The average Bonchev–Trinajstić information content (AvgIpc) is 2.50. The van der Waals surface area contributed by atoms with E-state index in [2.05, 4.69) is 14.9 Å². The Kier molecular flexibility index (Phi) is 3.41. The maximum atomic E-state index is 12.9. The number of hydrogen-bond acceptors (Lipinski definition) is 4. The molecule has 15 heavy (non-hydrogen) atoms. The number of thioether (sulfide) groups is 1. The van der Waals surface area contributed by atoms with Crippen LogP contribution in [0.4, 0.5) is 10.2 Å². The quantitative estimate of drug-likeness (QED) is 0.685. The van der Waals surface area contributed by atoms with Crippen LogP contribution in [0, 0.1) is 13.0 Å². The predicted molar refractivity (Wildman–Crippen MR) is 60.9 cm³/mol. The van der Waals surface area contributed by atoms with E-state index in [9.17, 15) is 4.39 Å². The fourth-order valence-corrected chi connectivity index (χ4v) is 2.58. The van der Waals surface area contributed by atoms with Gasteiger partial charge in [-0.05, 0) is 19.1 Å². The summed E-state index contributed by atoms with van der Waals surface area (Å²) in [6, 6.07) is 0. The molecule has 0 N–H and O–H groups in total. The van der Waals surface area contributed by atoms with Crippen molar-refractivity contribution >= 4 is 17.6 Å². The number of halogens is 1. The fraction of sp³-hybridized carbons (Fsp3) is 0.600. The second-order valence-corrected chi connectivity index (χ2v) is 4.82. The zero-order valence-electron chi connectivity index (χ0n) is 8.74. The zero-order chi connectivity index (χ0) is 10.7. The topological polar surface area (TPSA) is 29.0 Å². The lowest BCUT2D eigenvalue weighted by Crippen LogP contribution is -2.27. The van der Waals surface area contributed by atoms with Crippen LogP contribution in [0.3, 0.4) is 0 Å². The van der Waals surface area contributed by atoms with Crippen LogP contribution in [0.5, 0.6) is 0 Å². The predicted octanol–water partition coefficient (Wildman–Crippen LogP) is 1.87. The minimum Gasteiger partial charge on any atom is -0.355 e. The van der Waals surface area contributed by atoms with Gasteiger partial charge in [0.25, 0.3) is 0 Å². The van der Waals surface area contributed by atoms with Crippen molar-refractivity contribution in [2.75, 3.05) is 29.5 Å². The highest BCUT2D eigenvalue weighted by atomic mass is 32.2. The van der Waals surface area contributed by atoms with Crippen LogP contribution in [0.15, 0.2) is 6.20 Å². The van der Waals surface area contributed by atoms with Crippen LogP contribution in [0.2, 0.25) is 0 Å². The van der Waals surface area contributed by atoms with Gasteiger partial charge in [-0.15, -0.1) is 0 Å². The van der Waals surface area contributed by atoms with Crippen LogP contribution in [0.1, 0.15) is 12.0 Å². The summed E-state index contributed by atoms with van der Waals surface area (Å²) in [5, 5.41) is 0. The fourth-order valence-electron chi connectivity index (χ4n) is 1.69. The number of anilines is 1. The van der Waals surface area contributed by atoms with Gasteiger partial charge in [-0.2, -0.15) is 21.1 Å². The summed E-state index contributed by atoms with van der Waals surface area (Å²) >= 11 is 1.95. The van der Waals surface area contributed by atoms with E-state index in [1.54, 1.807) is 6.20 Å². The Morgan fingerprint density at radius 1 is 1.40 bits per heavy atom. The molecule has 0 radical (unpaired) electrons. The van der Waals surface area contributed by atoms with Gasteiger partial charge in [-0.3, -0.25) is 0 Å². The lowest BCUT2D eigenvalue weighted by molar-refractivity contribution is 0.535. The van der Waals surface area contributed by atoms with E-state index in [0.29, 0.717) is 0 Å². The molecule has 0 aromatic carbocycles. The second-order valence-electron chi connectivity index (χ2n) is 3.60. The highest BCUT2D eigenvalue weighted by Gasteiger charge is 2.14. The van der Waals surface area contributed by atoms with Gasteiger partial charge in [0, 0.05) is 30.6 Å². The first-order valence-electron chi connectivity index (χ1n) is 5.09. The van der Waals surface area contributed by atoms with E-state index >= 15 is 0 Å². The number of aromatic nitrogens is 2. The standard InChI is InChI=1S/C10H14FN3S/c1-8-7-12-10(11)13-9(8)14-3-2-5-15-6-4-14/h7H,2-6H2,1H3. The number of rotatable bonds is 1. The van der Waals surface area contributed by atoms with E-state index in [0.717, 1.165) is 36.6 Å². The minimum atomic E-state index is -0.632. The number of nitrogens with zero attached hydrogens (tertiary/aromatic N) is 3. The average molecular weight is 227 g/mol. The third-order valence-electron chi connectivity index (χ3n) is 2.44. The molecule has 0 bridgehead atoms. The Morgan fingerprint density at radius 3 is 3.13 bits per heavy atom. The van der Waals surface area contributed by atoms with Gasteiger partial charge in [0.15, 0.2) is 0 Å². The molecule has 1 aromatic heterocycles. The van der Waals surface area contributed by atoms with Gasteiger partial charge in [-0.25, -0.2) is 4.98 Å². The maximum absolute atomic E-state index is 12.9. The van der Waals surface area contributed by atoms with Gasteiger partial charge in [0.05, 0.1) is 0 Å². The van der Waals surface area contributed by atoms with Crippen molar-refractivity contribution in [2.24, 2.45) is 0 Å². The lowest BCUT2D eigenvalue weighted by atomic mass is 10.3. The van der Waals surface area contributed by atoms with E-state index < -0.39 is 6.08 Å². The van der Waals surface area contributed by atoms with E-state index in [4.69, 9.17) is 0 Å². The van der Waals surface area contributed by atoms with E-state index in [1.807, 2.05) is 18.7 Å². The molecule has 1 saturated heterocycles. The first kappa shape index (κ1) is 10.7. The molecule has 0 amide bonds. The van der Waals surface area contributed by atoms with Crippen LogP contribution in [0.25, 0.3) is 0 Å². The molecule has 3 nitrogen and oxygen atoms in total. The first-order chi connectivity index (χ1) is 7.27. The minimum absolute atomic E-state index is 0.632. The normalized spacial score (nSPS) is 17.6. The monoisotopic (exact) mass is 227 g/mol. The molecule has 1 aromatic rings. The molecular formula is C10H14FN3S. The van der Waals surface area contributed by atoms with Crippen molar-refractivity contribution < 1.29 is 4.39 Å². The molecule has 0 atom stereocenters. The molecule has 0 unspecified atom stereocenters. The summed E-state index contributed by atoms with van der Waals surface area (Å²) < 4.78 is 12.9. The number of aryl methyl sites for hydroxylation is 1. The maximum Gasteiger partial charge on any atom is 0.310 e. The first-order valence-corrected chi connectivity index (χ1v) is 6.24. The SMILES string of the molecule is Cc1cnc(F)nc1N1CCCSCC1. The lowest BCUT2D eigenvalue weighted by Gasteiger charge is -2.22. The highest BCUT2D eigenvalue weighted by Crippen LogP contribution is 2.19. The van der Waals surface area contributed by atoms with Crippen molar-refractivity contribution in [1.82, 2.24) is 9.97 Å². The van der Waals surface area contributed by atoms with Gasteiger partial charge >= 0.3 is 6.08 Å². The Balaban J connectivity index is 2.22. The molecule has 0 spiro atoms. The molecule has 1 aliphatic heterocycles. The van der Waals surface area contributed by atoms with Gasteiger partial charge in [-0.1, -0.05) is 0 Å². The Labute approximate surface area is 93.1 Å². The van der Waals surface area contributed by atoms with Gasteiger partial charge < -0.3 is 4.90 Å². The number of hydrogen-bond donors (Lipinski definition) is 0. The third-order valence-corrected chi connectivity index (χ3v) is 3.49. The van der Waals surface area contributed by atoms with E-state index in [-0.39, 0.29) is 0 Å². The summed E-state index contributed by atoms with van der Waals surface area (Å²) in [6.45, 7) is 3.83. The molecule has 0 saturated carbocycles. The second kappa shape index (κ2) is 4.79. The van der Waals surface area contributed by atoms with Crippen LogP contribution in [-0.4, -0.2) is 34.6 Å². The van der Waals surface area contributed by atoms with Crippen molar-refractivity contribution in [3.8, 4) is 0 Å². The summed E-state index contributed by atoms with van der Waals surface area (Å²) in [5.74, 6) is 3.03. The zero-order valence-corrected chi connectivity index (χ0v) is 9.56. The largest absolute Gasteiger partial charge is 0.355 e. The molecule has 0 aliphatic carbocycles.